The van der Waals surface area contributed by atoms with Gasteiger partial charge in [0.2, 0.25) is 5.91 Å². The van der Waals surface area contributed by atoms with Gasteiger partial charge in [0.25, 0.3) is 0 Å². The molecule has 1 atom stereocenters. The normalized spacial score (nSPS) is 13.1. The zero-order valence-electron chi connectivity index (χ0n) is 12.0. The Morgan fingerprint density at radius 3 is 2.71 bits per heavy atom. The van der Waals surface area contributed by atoms with Gasteiger partial charge in [0.1, 0.15) is 5.75 Å². The molecule has 1 aromatic rings. The molecule has 21 heavy (non-hydrogen) atoms. The zero-order valence-corrected chi connectivity index (χ0v) is 12.0. The van der Waals surface area contributed by atoms with E-state index in [-0.39, 0.29) is 24.3 Å². The van der Waals surface area contributed by atoms with Crippen LogP contribution in [0.2, 0.25) is 0 Å². The van der Waals surface area contributed by atoms with Gasteiger partial charge >= 0.3 is 6.61 Å². The Bertz CT molecular complexity index is 503. The summed E-state index contributed by atoms with van der Waals surface area (Å²) in [6.45, 7) is 0.474. The first kappa shape index (κ1) is 17.1. The summed E-state index contributed by atoms with van der Waals surface area (Å²) in [6.07, 6.45) is 1.77. The van der Waals surface area contributed by atoms with E-state index >= 15 is 0 Å². The van der Waals surface area contributed by atoms with Gasteiger partial charge < -0.3 is 15.2 Å². The summed E-state index contributed by atoms with van der Waals surface area (Å²) in [7, 11) is 0. The van der Waals surface area contributed by atoms with Crippen molar-refractivity contribution in [2.45, 2.75) is 32.9 Å². The Hall–Kier alpha value is -1.95. The summed E-state index contributed by atoms with van der Waals surface area (Å²) in [5.74, 6) is -0.322. The zero-order chi connectivity index (χ0) is 15.8. The SMILES string of the molecule is C/C(=C/C(=O)NC(C)CCO)c1ccccc1OC(F)F. The van der Waals surface area contributed by atoms with Crippen LogP contribution in [0, 0.1) is 0 Å². The Labute approximate surface area is 122 Å². The van der Waals surface area contributed by atoms with E-state index in [1.54, 1.807) is 32.0 Å². The minimum absolute atomic E-state index is 0.0186. The van der Waals surface area contributed by atoms with Crippen molar-refractivity contribution in [3.63, 3.8) is 0 Å². The molecule has 0 radical (unpaired) electrons. The standard InChI is InChI=1S/C15H19F2NO3/c1-10(9-14(20)18-11(2)7-8-19)12-5-3-4-6-13(12)21-15(16)17/h3-6,9,11,15,19H,7-8H2,1-2H3,(H,18,20)/b10-9-. The third-order valence-corrected chi connectivity index (χ3v) is 2.83. The number of halogens is 2. The van der Waals surface area contributed by atoms with Crippen molar-refractivity contribution < 1.29 is 23.4 Å². The van der Waals surface area contributed by atoms with E-state index < -0.39 is 6.61 Å². The molecule has 0 saturated carbocycles. The molecule has 0 aromatic heterocycles. The molecule has 0 aliphatic carbocycles. The van der Waals surface area contributed by atoms with Crippen molar-refractivity contribution in [1.82, 2.24) is 5.32 Å². The number of benzene rings is 1. The molecule has 0 bridgehead atoms. The minimum atomic E-state index is -2.92. The molecule has 1 amide bonds. The highest BCUT2D eigenvalue weighted by atomic mass is 19.3. The first-order valence-corrected chi connectivity index (χ1v) is 6.58. The number of aliphatic hydroxyl groups is 1. The van der Waals surface area contributed by atoms with Crippen LogP contribution in [0.4, 0.5) is 8.78 Å². The molecule has 0 spiro atoms. The van der Waals surface area contributed by atoms with Crippen molar-refractivity contribution in [1.29, 1.82) is 0 Å². The maximum absolute atomic E-state index is 12.3. The summed E-state index contributed by atoms with van der Waals surface area (Å²) >= 11 is 0. The quantitative estimate of drug-likeness (QED) is 0.761. The van der Waals surface area contributed by atoms with Gasteiger partial charge in [-0.05, 0) is 31.9 Å². The smallest absolute Gasteiger partial charge is 0.387 e. The molecule has 1 unspecified atom stereocenters. The summed E-state index contributed by atoms with van der Waals surface area (Å²) in [5, 5.41) is 11.5. The summed E-state index contributed by atoms with van der Waals surface area (Å²) in [5.41, 5.74) is 0.947. The lowest BCUT2D eigenvalue weighted by molar-refractivity contribution is -0.117. The van der Waals surface area contributed by atoms with E-state index in [9.17, 15) is 13.6 Å². The number of rotatable bonds is 7. The molecule has 0 aliphatic rings. The molecule has 116 valence electrons. The number of carbonyl (C=O) groups excluding carboxylic acids is 1. The lowest BCUT2D eigenvalue weighted by Crippen LogP contribution is -2.31. The Kier molecular flexibility index (Phi) is 6.81. The minimum Gasteiger partial charge on any atom is -0.434 e. The number of para-hydroxylation sites is 1. The Morgan fingerprint density at radius 1 is 1.43 bits per heavy atom. The highest BCUT2D eigenvalue weighted by Gasteiger charge is 2.11. The van der Waals surface area contributed by atoms with Gasteiger partial charge in [-0.15, -0.1) is 0 Å². The second-order valence-corrected chi connectivity index (χ2v) is 4.62. The number of carbonyl (C=O) groups is 1. The predicted molar refractivity (Wildman–Crippen MR) is 76.0 cm³/mol. The van der Waals surface area contributed by atoms with Gasteiger partial charge in [-0.1, -0.05) is 18.2 Å². The number of amides is 1. The molecule has 6 heteroatoms. The van der Waals surface area contributed by atoms with Crippen LogP contribution in [0.1, 0.15) is 25.8 Å². The average Bonchev–Trinajstić information content (AvgIpc) is 2.38. The van der Waals surface area contributed by atoms with E-state index in [0.717, 1.165) is 0 Å². The van der Waals surface area contributed by atoms with Gasteiger partial charge in [0.15, 0.2) is 0 Å². The van der Waals surface area contributed by atoms with Crippen LogP contribution in [0.15, 0.2) is 30.3 Å². The monoisotopic (exact) mass is 299 g/mol. The molecule has 0 fully saturated rings. The van der Waals surface area contributed by atoms with E-state index in [1.165, 1.54) is 12.1 Å². The Balaban J connectivity index is 2.84. The van der Waals surface area contributed by atoms with E-state index in [2.05, 4.69) is 10.1 Å². The fourth-order valence-electron chi connectivity index (χ4n) is 1.82. The van der Waals surface area contributed by atoms with Gasteiger partial charge in [-0.25, -0.2) is 0 Å². The van der Waals surface area contributed by atoms with E-state index in [0.29, 0.717) is 17.6 Å². The summed E-state index contributed by atoms with van der Waals surface area (Å²) in [6, 6.07) is 6.12. The topological polar surface area (TPSA) is 58.6 Å². The van der Waals surface area contributed by atoms with Crippen molar-refractivity contribution in [3.05, 3.63) is 35.9 Å². The van der Waals surface area contributed by atoms with Crippen molar-refractivity contribution in [3.8, 4) is 5.75 Å². The highest BCUT2D eigenvalue weighted by Crippen LogP contribution is 2.26. The number of alkyl halides is 2. The molecule has 1 rings (SSSR count). The first-order chi connectivity index (χ1) is 9.93. The van der Waals surface area contributed by atoms with Crippen molar-refractivity contribution >= 4 is 11.5 Å². The molecular formula is C15H19F2NO3. The largest absolute Gasteiger partial charge is 0.434 e. The maximum Gasteiger partial charge on any atom is 0.387 e. The number of allylic oxidation sites excluding steroid dienone is 1. The Morgan fingerprint density at radius 2 is 2.10 bits per heavy atom. The summed E-state index contributed by atoms with van der Waals surface area (Å²) in [4.78, 5) is 11.8. The van der Waals surface area contributed by atoms with E-state index in [4.69, 9.17) is 5.11 Å². The van der Waals surface area contributed by atoms with Crippen molar-refractivity contribution in [2.75, 3.05) is 6.61 Å². The fraction of sp³-hybridized carbons (Fsp3) is 0.400. The fourth-order valence-corrected chi connectivity index (χ4v) is 1.82. The molecule has 0 heterocycles. The molecule has 4 nitrogen and oxygen atoms in total. The predicted octanol–water partition coefficient (Wildman–Crippen LogP) is 2.58. The highest BCUT2D eigenvalue weighted by molar-refractivity contribution is 5.95. The van der Waals surface area contributed by atoms with Crippen LogP contribution in [0.3, 0.4) is 0 Å². The number of ether oxygens (including phenoxy) is 1. The number of hydrogen-bond donors (Lipinski definition) is 2. The van der Waals surface area contributed by atoms with Gasteiger partial charge in [-0.2, -0.15) is 8.78 Å². The van der Waals surface area contributed by atoms with E-state index in [1.807, 2.05) is 0 Å². The van der Waals surface area contributed by atoms with Gasteiger partial charge in [-0.3, -0.25) is 4.79 Å². The van der Waals surface area contributed by atoms with Crippen molar-refractivity contribution in [2.24, 2.45) is 0 Å². The number of aliphatic hydroxyl groups excluding tert-OH is 1. The molecule has 2 N–H and O–H groups in total. The lowest BCUT2D eigenvalue weighted by atomic mass is 10.1. The molecular weight excluding hydrogens is 280 g/mol. The second kappa shape index (κ2) is 8.36. The third-order valence-electron chi connectivity index (χ3n) is 2.83. The lowest BCUT2D eigenvalue weighted by Gasteiger charge is -2.13. The summed E-state index contributed by atoms with van der Waals surface area (Å²) < 4.78 is 29.1. The van der Waals surface area contributed by atoms with Crippen LogP contribution in [0.25, 0.3) is 5.57 Å². The van der Waals surface area contributed by atoms with Crippen LogP contribution in [0.5, 0.6) is 5.75 Å². The maximum atomic E-state index is 12.3. The van der Waals surface area contributed by atoms with Gasteiger partial charge in [0.05, 0.1) is 0 Å². The second-order valence-electron chi connectivity index (χ2n) is 4.62. The van der Waals surface area contributed by atoms with Gasteiger partial charge in [0, 0.05) is 24.3 Å². The number of hydrogen-bond acceptors (Lipinski definition) is 3. The van der Waals surface area contributed by atoms with Crippen LogP contribution < -0.4 is 10.1 Å². The third kappa shape index (κ3) is 5.91. The van der Waals surface area contributed by atoms with Crippen LogP contribution in [-0.2, 0) is 4.79 Å². The first-order valence-electron chi connectivity index (χ1n) is 6.58. The molecule has 0 saturated heterocycles. The number of nitrogens with one attached hydrogen (secondary N) is 1. The average molecular weight is 299 g/mol. The molecule has 0 aliphatic heterocycles. The van der Waals surface area contributed by atoms with Crippen LogP contribution in [-0.4, -0.2) is 30.3 Å². The molecule has 1 aromatic carbocycles. The van der Waals surface area contributed by atoms with Crippen LogP contribution >= 0.6 is 0 Å².